The maximum absolute atomic E-state index is 12.6. The van der Waals surface area contributed by atoms with Crippen LogP contribution < -0.4 is 0 Å². The van der Waals surface area contributed by atoms with Crippen molar-refractivity contribution in [1.29, 1.82) is 0 Å². The third-order valence-electron chi connectivity index (χ3n) is 1.46. The summed E-state index contributed by atoms with van der Waals surface area (Å²) in [6.07, 6.45) is -2.75. The summed E-state index contributed by atoms with van der Waals surface area (Å²) in [6, 6.07) is 0.809. The van der Waals surface area contributed by atoms with Gasteiger partial charge in [-0.1, -0.05) is 0 Å². The first kappa shape index (κ1) is 10.7. The fraction of sp³-hybridized carbons (Fsp3) is 0.286. The van der Waals surface area contributed by atoms with Crippen molar-refractivity contribution in [3.8, 4) is 0 Å². The van der Waals surface area contributed by atoms with E-state index < -0.39 is 24.5 Å². The standard InChI is InChI=1S/C7H5F3INO/c8-4-1-3(2-13)5(6(9)10)7(11)12-4/h1,6,13H,2H2. The number of aliphatic hydroxyl groups excluding tert-OH is 1. The molecule has 0 spiro atoms. The highest BCUT2D eigenvalue weighted by Gasteiger charge is 2.18. The quantitative estimate of drug-likeness (QED) is 0.671. The molecule has 0 radical (unpaired) electrons. The molecular weight excluding hydrogens is 298 g/mol. The Morgan fingerprint density at radius 3 is 2.62 bits per heavy atom. The first-order valence-corrected chi connectivity index (χ1v) is 4.38. The number of pyridine rings is 1. The monoisotopic (exact) mass is 303 g/mol. The van der Waals surface area contributed by atoms with Crippen molar-refractivity contribution in [2.75, 3.05) is 0 Å². The minimum atomic E-state index is -2.75. The van der Waals surface area contributed by atoms with Crippen LogP contribution >= 0.6 is 22.6 Å². The van der Waals surface area contributed by atoms with Gasteiger partial charge in [0.2, 0.25) is 5.95 Å². The molecule has 1 N–H and O–H groups in total. The van der Waals surface area contributed by atoms with Crippen molar-refractivity contribution in [1.82, 2.24) is 4.98 Å². The fourth-order valence-corrected chi connectivity index (χ4v) is 1.71. The largest absolute Gasteiger partial charge is 0.392 e. The van der Waals surface area contributed by atoms with Crippen molar-refractivity contribution in [3.63, 3.8) is 0 Å². The van der Waals surface area contributed by atoms with Crippen molar-refractivity contribution in [3.05, 3.63) is 26.8 Å². The average Bonchev–Trinajstić information content (AvgIpc) is 2.01. The number of hydrogen-bond acceptors (Lipinski definition) is 2. The Balaban J connectivity index is 3.30. The van der Waals surface area contributed by atoms with E-state index in [0.717, 1.165) is 6.07 Å². The second kappa shape index (κ2) is 4.23. The summed E-state index contributed by atoms with van der Waals surface area (Å²) in [6.45, 7) is -0.616. The van der Waals surface area contributed by atoms with E-state index >= 15 is 0 Å². The fourth-order valence-electron chi connectivity index (χ4n) is 0.901. The molecule has 0 atom stereocenters. The molecular formula is C7H5F3INO. The molecule has 2 nitrogen and oxygen atoms in total. The lowest BCUT2D eigenvalue weighted by atomic mass is 10.1. The molecule has 13 heavy (non-hydrogen) atoms. The number of hydrogen-bond donors (Lipinski definition) is 1. The van der Waals surface area contributed by atoms with Gasteiger partial charge in [-0.25, -0.2) is 13.8 Å². The molecule has 0 saturated heterocycles. The summed E-state index contributed by atoms with van der Waals surface area (Å²) in [5, 5.41) is 8.69. The van der Waals surface area contributed by atoms with Crippen LogP contribution in [0.5, 0.6) is 0 Å². The molecule has 0 amide bonds. The van der Waals surface area contributed by atoms with E-state index in [1.807, 2.05) is 0 Å². The van der Waals surface area contributed by atoms with E-state index in [4.69, 9.17) is 5.11 Å². The summed E-state index contributed by atoms with van der Waals surface area (Å²) in [5.41, 5.74) is -0.517. The summed E-state index contributed by atoms with van der Waals surface area (Å²) in [5.74, 6) is -0.863. The molecule has 6 heteroatoms. The highest BCUT2D eigenvalue weighted by atomic mass is 127. The summed E-state index contributed by atoms with van der Waals surface area (Å²) in [4.78, 5) is 3.23. The molecule has 0 unspecified atom stereocenters. The van der Waals surface area contributed by atoms with Gasteiger partial charge >= 0.3 is 0 Å². The Labute approximate surface area is 85.9 Å². The van der Waals surface area contributed by atoms with Gasteiger partial charge in [0.25, 0.3) is 6.43 Å². The molecule has 1 heterocycles. The second-order valence-electron chi connectivity index (χ2n) is 2.27. The molecule has 1 aromatic rings. The minimum Gasteiger partial charge on any atom is -0.392 e. The van der Waals surface area contributed by atoms with E-state index in [9.17, 15) is 13.2 Å². The van der Waals surface area contributed by atoms with Crippen LogP contribution in [-0.2, 0) is 6.61 Å². The number of aliphatic hydroxyl groups is 1. The van der Waals surface area contributed by atoms with E-state index in [-0.39, 0.29) is 9.26 Å². The molecule has 0 aliphatic heterocycles. The number of aromatic nitrogens is 1. The summed E-state index contributed by atoms with van der Waals surface area (Å²) >= 11 is 1.51. The van der Waals surface area contributed by atoms with Crippen LogP contribution in [0, 0.1) is 9.65 Å². The Morgan fingerprint density at radius 2 is 2.15 bits per heavy atom. The first-order chi connectivity index (χ1) is 6.06. The van der Waals surface area contributed by atoms with Gasteiger partial charge in [0.05, 0.1) is 12.2 Å². The SMILES string of the molecule is OCc1cc(F)nc(I)c1C(F)F. The van der Waals surface area contributed by atoms with Gasteiger partial charge in [-0.2, -0.15) is 4.39 Å². The van der Waals surface area contributed by atoms with E-state index in [0.29, 0.717) is 0 Å². The zero-order valence-electron chi connectivity index (χ0n) is 6.27. The molecule has 0 aromatic carbocycles. The van der Waals surface area contributed by atoms with Gasteiger partial charge in [0, 0.05) is 0 Å². The van der Waals surface area contributed by atoms with E-state index in [2.05, 4.69) is 4.98 Å². The molecule has 0 aliphatic rings. The lowest BCUT2D eigenvalue weighted by Gasteiger charge is -2.07. The van der Waals surface area contributed by atoms with E-state index in [1.165, 1.54) is 22.6 Å². The Hall–Kier alpha value is -0.370. The molecule has 1 rings (SSSR count). The van der Waals surface area contributed by atoms with Crippen molar-refractivity contribution in [2.24, 2.45) is 0 Å². The van der Waals surface area contributed by atoms with Gasteiger partial charge in [-0.3, -0.25) is 0 Å². The average molecular weight is 303 g/mol. The van der Waals surface area contributed by atoms with Crippen LogP contribution in [0.2, 0.25) is 0 Å². The number of nitrogens with zero attached hydrogens (tertiary/aromatic N) is 1. The van der Waals surface area contributed by atoms with Crippen molar-refractivity contribution in [2.45, 2.75) is 13.0 Å². The third kappa shape index (κ3) is 2.31. The van der Waals surface area contributed by atoms with Crippen LogP contribution in [0.4, 0.5) is 13.2 Å². The predicted molar refractivity (Wildman–Crippen MR) is 47.8 cm³/mol. The molecule has 0 fully saturated rings. The van der Waals surface area contributed by atoms with Crippen LogP contribution in [0.25, 0.3) is 0 Å². The highest BCUT2D eigenvalue weighted by molar-refractivity contribution is 14.1. The minimum absolute atomic E-state index is 0.114. The smallest absolute Gasteiger partial charge is 0.266 e. The van der Waals surface area contributed by atoms with E-state index in [1.54, 1.807) is 0 Å². The normalized spacial score (nSPS) is 10.9. The number of alkyl halides is 2. The second-order valence-corrected chi connectivity index (χ2v) is 3.29. The topological polar surface area (TPSA) is 33.1 Å². The molecule has 0 aliphatic carbocycles. The molecule has 1 aromatic heterocycles. The highest BCUT2D eigenvalue weighted by Crippen LogP contribution is 2.27. The number of halogens is 4. The number of rotatable bonds is 2. The van der Waals surface area contributed by atoms with Crippen LogP contribution in [0.15, 0.2) is 6.07 Å². The van der Waals surface area contributed by atoms with Crippen LogP contribution in [-0.4, -0.2) is 10.1 Å². The first-order valence-electron chi connectivity index (χ1n) is 3.30. The zero-order chi connectivity index (χ0) is 10.0. The van der Waals surface area contributed by atoms with Crippen LogP contribution in [0.3, 0.4) is 0 Å². The molecule has 72 valence electrons. The maximum Gasteiger partial charge on any atom is 0.266 e. The lowest BCUT2D eigenvalue weighted by molar-refractivity contribution is 0.145. The lowest BCUT2D eigenvalue weighted by Crippen LogP contribution is -2.02. The Kier molecular flexibility index (Phi) is 3.48. The summed E-state index contributed by atoms with van der Waals surface area (Å²) < 4.78 is 37.1. The Bertz CT molecular complexity index is 319. The zero-order valence-corrected chi connectivity index (χ0v) is 8.43. The maximum atomic E-state index is 12.6. The van der Waals surface area contributed by atoms with Crippen molar-refractivity contribution < 1.29 is 18.3 Å². The van der Waals surface area contributed by atoms with Gasteiger partial charge in [0.15, 0.2) is 0 Å². The van der Waals surface area contributed by atoms with Gasteiger partial charge in [-0.15, -0.1) is 0 Å². The third-order valence-corrected chi connectivity index (χ3v) is 2.28. The van der Waals surface area contributed by atoms with Gasteiger partial charge in [0.1, 0.15) is 3.70 Å². The Morgan fingerprint density at radius 1 is 1.54 bits per heavy atom. The van der Waals surface area contributed by atoms with Crippen LogP contribution in [0.1, 0.15) is 17.6 Å². The molecule has 0 bridgehead atoms. The van der Waals surface area contributed by atoms with Gasteiger partial charge in [-0.05, 0) is 34.2 Å². The van der Waals surface area contributed by atoms with Gasteiger partial charge < -0.3 is 5.11 Å². The predicted octanol–water partition coefficient (Wildman–Crippen LogP) is 2.26. The van der Waals surface area contributed by atoms with Crippen molar-refractivity contribution >= 4 is 22.6 Å². The summed E-state index contributed by atoms with van der Waals surface area (Å²) in [7, 11) is 0. The molecule has 0 saturated carbocycles.